The van der Waals surface area contributed by atoms with E-state index in [0.717, 1.165) is 23.5 Å². The zero-order valence-corrected chi connectivity index (χ0v) is 12.2. The van der Waals surface area contributed by atoms with E-state index in [1.165, 1.54) is 21.7 Å². The Morgan fingerprint density at radius 3 is 2.95 bits per heavy atom. The van der Waals surface area contributed by atoms with Crippen LogP contribution in [0.5, 0.6) is 0 Å². The Labute approximate surface area is 127 Å². The molecule has 0 spiro atoms. The van der Waals surface area contributed by atoms with Crippen molar-refractivity contribution in [2.24, 2.45) is 4.99 Å². The average molecular weight is 291 g/mol. The van der Waals surface area contributed by atoms with Gasteiger partial charge in [0.05, 0.1) is 10.6 Å². The molecule has 4 heteroatoms. The van der Waals surface area contributed by atoms with Crippen molar-refractivity contribution in [3.63, 3.8) is 0 Å². The molecule has 0 fully saturated rings. The maximum absolute atomic E-state index is 4.66. The van der Waals surface area contributed by atoms with Gasteiger partial charge in [0, 0.05) is 24.2 Å². The molecule has 21 heavy (non-hydrogen) atoms. The summed E-state index contributed by atoms with van der Waals surface area (Å²) in [4.78, 5) is 14.5. The van der Waals surface area contributed by atoms with Gasteiger partial charge in [-0.1, -0.05) is 41.7 Å². The van der Waals surface area contributed by atoms with Crippen molar-refractivity contribution in [3.8, 4) is 10.4 Å². The smallest absolute Gasteiger partial charge is 0.209 e. The molecular formula is C17H13N3S. The van der Waals surface area contributed by atoms with Crippen LogP contribution in [0.1, 0.15) is 16.8 Å². The number of hydrogen-bond acceptors (Lipinski definition) is 4. The van der Waals surface area contributed by atoms with Gasteiger partial charge in [-0.05, 0) is 30.0 Å². The number of benzene rings is 1. The van der Waals surface area contributed by atoms with Crippen LogP contribution in [0, 0.1) is 0 Å². The first-order chi connectivity index (χ1) is 10.4. The maximum atomic E-state index is 4.66. The lowest BCUT2D eigenvalue weighted by molar-refractivity contribution is 0.910. The quantitative estimate of drug-likeness (QED) is 0.668. The standard InChI is InChI=1S/C17H13N3S/c1-2-6-14-13(5-1)7-8-15-16(14)21-17(20-15)19-11-12-4-3-9-18-10-12/h1-6,9-11H,7-8H2. The van der Waals surface area contributed by atoms with Crippen molar-refractivity contribution < 1.29 is 0 Å². The predicted octanol–water partition coefficient (Wildman–Crippen LogP) is 4.05. The van der Waals surface area contributed by atoms with E-state index >= 15 is 0 Å². The number of nitrogens with zero attached hydrogens (tertiary/aromatic N) is 3. The Kier molecular flexibility index (Phi) is 3.09. The molecule has 0 unspecified atom stereocenters. The van der Waals surface area contributed by atoms with Crippen LogP contribution >= 0.6 is 11.3 Å². The fourth-order valence-electron chi connectivity index (χ4n) is 2.57. The second-order valence-electron chi connectivity index (χ2n) is 4.97. The number of hydrogen-bond donors (Lipinski definition) is 0. The van der Waals surface area contributed by atoms with Gasteiger partial charge >= 0.3 is 0 Å². The topological polar surface area (TPSA) is 38.1 Å². The molecule has 1 aliphatic carbocycles. The summed E-state index contributed by atoms with van der Waals surface area (Å²) < 4.78 is 0. The van der Waals surface area contributed by atoms with Crippen molar-refractivity contribution in [2.75, 3.05) is 0 Å². The molecule has 2 aromatic heterocycles. The van der Waals surface area contributed by atoms with Crippen molar-refractivity contribution >= 4 is 22.7 Å². The van der Waals surface area contributed by atoms with Gasteiger partial charge in [-0.3, -0.25) is 4.98 Å². The molecular weight excluding hydrogens is 278 g/mol. The first kappa shape index (κ1) is 12.4. The molecule has 3 aromatic rings. The van der Waals surface area contributed by atoms with E-state index in [1.807, 2.05) is 18.3 Å². The summed E-state index contributed by atoms with van der Waals surface area (Å²) in [6, 6.07) is 12.5. The molecule has 0 radical (unpaired) electrons. The molecule has 0 amide bonds. The van der Waals surface area contributed by atoms with Crippen LogP contribution in [-0.4, -0.2) is 16.2 Å². The van der Waals surface area contributed by atoms with Gasteiger partial charge in [0.1, 0.15) is 0 Å². The Balaban J connectivity index is 1.69. The first-order valence-corrected chi connectivity index (χ1v) is 7.74. The third-order valence-corrected chi connectivity index (χ3v) is 4.63. The van der Waals surface area contributed by atoms with Crippen LogP contribution in [0.3, 0.4) is 0 Å². The number of aromatic nitrogens is 2. The summed E-state index contributed by atoms with van der Waals surface area (Å²) in [5, 5.41) is 0.820. The summed E-state index contributed by atoms with van der Waals surface area (Å²) >= 11 is 1.67. The molecule has 0 saturated heterocycles. The van der Waals surface area contributed by atoms with Gasteiger partial charge in [-0.2, -0.15) is 0 Å². The zero-order chi connectivity index (χ0) is 14.1. The van der Waals surface area contributed by atoms with E-state index in [2.05, 4.69) is 39.2 Å². The van der Waals surface area contributed by atoms with E-state index in [4.69, 9.17) is 0 Å². The molecule has 0 saturated carbocycles. The summed E-state index contributed by atoms with van der Waals surface area (Å²) in [6.45, 7) is 0. The Morgan fingerprint density at radius 2 is 2.05 bits per heavy atom. The van der Waals surface area contributed by atoms with E-state index in [9.17, 15) is 0 Å². The highest BCUT2D eigenvalue weighted by atomic mass is 32.1. The minimum atomic E-state index is 0.820. The van der Waals surface area contributed by atoms with Crippen LogP contribution in [0.2, 0.25) is 0 Å². The molecule has 0 bridgehead atoms. The lowest BCUT2D eigenvalue weighted by Crippen LogP contribution is -2.01. The fourth-order valence-corrected chi connectivity index (χ4v) is 3.59. The number of aryl methyl sites for hydroxylation is 2. The third kappa shape index (κ3) is 2.38. The molecule has 0 N–H and O–H groups in total. The second-order valence-corrected chi connectivity index (χ2v) is 5.95. The lowest BCUT2D eigenvalue weighted by atomic mass is 9.94. The minimum Gasteiger partial charge on any atom is -0.264 e. The molecule has 0 aliphatic heterocycles. The lowest BCUT2D eigenvalue weighted by Gasteiger charge is -2.13. The molecule has 102 valence electrons. The first-order valence-electron chi connectivity index (χ1n) is 6.92. The molecule has 4 rings (SSSR count). The van der Waals surface area contributed by atoms with Crippen LogP contribution in [0.15, 0.2) is 53.8 Å². The average Bonchev–Trinajstić information content (AvgIpc) is 2.97. The summed E-state index contributed by atoms with van der Waals surface area (Å²) in [6.07, 6.45) is 7.45. The monoisotopic (exact) mass is 291 g/mol. The van der Waals surface area contributed by atoms with Crippen molar-refractivity contribution in [2.45, 2.75) is 12.8 Å². The number of pyridine rings is 1. The van der Waals surface area contributed by atoms with E-state index in [0.29, 0.717) is 0 Å². The summed E-state index contributed by atoms with van der Waals surface area (Å²) in [7, 11) is 0. The van der Waals surface area contributed by atoms with E-state index < -0.39 is 0 Å². The molecule has 2 heterocycles. The fraction of sp³-hybridized carbons (Fsp3) is 0.118. The van der Waals surface area contributed by atoms with E-state index in [-0.39, 0.29) is 0 Å². The number of rotatable bonds is 2. The molecule has 1 aliphatic rings. The van der Waals surface area contributed by atoms with Crippen molar-refractivity contribution in [3.05, 3.63) is 65.6 Å². The number of fused-ring (bicyclic) bond motifs is 3. The third-order valence-electron chi connectivity index (χ3n) is 3.59. The van der Waals surface area contributed by atoms with Gasteiger partial charge in [0.25, 0.3) is 0 Å². The number of thiazole rings is 1. The number of aliphatic imine (C=N–C) groups is 1. The maximum Gasteiger partial charge on any atom is 0.209 e. The van der Waals surface area contributed by atoms with Gasteiger partial charge in [-0.15, -0.1) is 0 Å². The second kappa shape index (κ2) is 5.22. The van der Waals surface area contributed by atoms with Crippen molar-refractivity contribution in [1.82, 2.24) is 9.97 Å². The Hall–Kier alpha value is -2.33. The van der Waals surface area contributed by atoms with Gasteiger partial charge in [-0.25, -0.2) is 9.98 Å². The minimum absolute atomic E-state index is 0.820. The molecule has 3 nitrogen and oxygen atoms in total. The van der Waals surface area contributed by atoms with Crippen LogP contribution in [0.25, 0.3) is 10.4 Å². The normalized spacial score (nSPS) is 13.1. The summed E-state index contributed by atoms with van der Waals surface area (Å²) in [5.74, 6) is 0. The van der Waals surface area contributed by atoms with Crippen molar-refractivity contribution in [1.29, 1.82) is 0 Å². The SMILES string of the molecule is C(=Nc1nc2c(s1)-c1ccccc1CC2)c1cccnc1. The highest BCUT2D eigenvalue weighted by molar-refractivity contribution is 7.18. The van der Waals surface area contributed by atoms with Crippen LogP contribution < -0.4 is 0 Å². The summed E-state index contributed by atoms with van der Waals surface area (Å²) in [5.41, 5.74) is 4.90. The zero-order valence-electron chi connectivity index (χ0n) is 11.4. The highest BCUT2D eigenvalue weighted by Crippen LogP contribution is 2.40. The van der Waals surface area contributed by atoms with E-state index in [1.54, 1.807) is 23.7 Å². The van der Waals surface area contributed by atoms with Gasteiger partial charge in [0.2, 0.25) is 5.13 Å². The Bertz CT molecular complexity index is 806. The molecule has 1 aromatic carbocycles. The van der Waals surface area contributed by atoms with Gasteiger partial charge in [0.15, 0.2) is 0 Å². The van der Waals surface area contributed by atoms with Gasteiger partial charge < -0.3 is 0 Å². The van der Waals surface area contributed by atoms with Crippen LogP contribution in [-0.2, 0) is 12.8 Å². The molecule has 0 atom stereocenters. The Morgan fingerprint density at radius 1 is 1.10 bits per heavy atom. The van der Waals surface area contributed by atoms with Crippen LogP contribution in [0.4, 0.5) is 5.13 Å². The highest BCUT2D eigenvalue weighted by Gasteiger charge is 2.19. The predicted molar refractivity (Wildman–Crippen MR) is 86.4 cm³/mol. The largest absolute Gasteiger partial charge is 0.264 e.